The van der Waals surface area contributed by atoms with Crippen LogP contribution in [0.4, 0.5) is 0 Å². The highest BCUT2D eigenvalue weighted by atomic mass is 16.5. The van der Waals surface area contributed by atoms with Crippen LogP contribution in [0.25, 0.3) is 28.4 Å². The summed E-state index contributed by atoms with van der Waals surface area (Å²) in [7, 11) is 3.24. The first kappa shape index (κ1) is 38.8. The van der Waals surface area contributed by atoms with Crippen LogP contribution in [0, 0.1) is 0 Å². The number of ether oxygens (including phenoxy) is 5. The Morgan fingerprint density at radius 1 is 0.625 bits per heavy atom. The molecule has 0 N–H and O–H groups in total. The Labute approximate surface area is 289 Å². The summed E-state index contributed by atoms with van der Waals surface area (Å²) in [6.45, 7) is 9.28. The number of rotatable bonds is 25. The van der Waals surface area contributed by atoms with Crippen LogP contribution in [0.2, 0.25) is 0 Å². The smallest absolute Gasteiger partial charge is 0.235 e. The van der Waals surface area contributed by atoms with Crippen molar-refractivity contribution >= 4 is 17.1 Å². The first-order valence-corrected chi connectivity index (χ1v) is 18.6. The van der Waals surface area contributed by atoms with Gasteiger partial charge in [0.05, 0.1) is 50.6 Å². The van der Waals surface area contributed by atoms with Gasteiger partial charge in [-0.3, -0.25) is 4.79 Å². The van der Waals surface area contributed by atoms with E-state index in [4.69, 9.17) is 23.7 Å². The normalized spacial score (nSPS) is 11.4. The molecule has 2 aromatic carbocycles. The molecule has 0 amide bonds. The van der Waals surface area contributed by atoms with Gasteiger partial charge in [-0.05, 0) is 51.8 Å². The van der Waals surface area contributed by atoms with E-state index in [2.05, 4.69) is 19.2 Å². The van der Waals surface area contributed by atoms with E-state index in [9.17, 15) is 4.79 Å². The van der Waals surface area contributed by atoms with E-state index in [-0.39, 0.29) is 11.2 Å². The summed E-state index contributed by atoms with van der Waals surface area (Å²) in [6, 6.07) is 9.38. The molecule has 7 nitrogen and oxygen atoms in total. The van der Waals surface area contributed by atoms with Crippen LogP contribution < -0.4 is 29.1 Å². The Morgan fingerprint density at radius 3 is 1.77 bits per heavy atom. The number of methoxy groups -OCH3 is 2. The average molecular weight is 664 g/mol. The van der Waals surface area contributed by atoms with Crippen LogP contribution in [-0.2, 0) is 0 Å². The molecule has 3 rings (SSSR count). The largest absolute Gasteiger partial charge is 0.497 e. The van der Waals surface area contributed by atoms with Crippen molar-refractivity contribution in [3.05, 3.63) is 46.6 Å². The minimum atomic E-state index is -0.225. The number of nitrogens with zero attached hydrogens (tertiary/aromatic N) is 1. The number of unbranched alkanes of at least 4 members (excludes halogenated alkanes) is 14. The fourth-order valence-corrected chi connectivity index (χ4v) is 6.26. The molecule has 0 aliphatic rings. The van der Waals surface area contributed by atoms with E-state index < -0.39 is 0 Å². The summed E-state index contributed by atoms with van der Waals surface area (Å²) in [5.41, 5.74) is 1.88. The minimum absolute atomic E-state index is 0.225. The third-order valence-corrected chi connectivity index (χ3v) is 8.74. The number of fused-ring (bicyclic) bond motifs is 1. The van der Waals surface area contributed by atoms with Gasteiger partial charge in [-0.15, -0.1) is 0 Å². The molecular formula is C41H61NO6. The molecule has 0 unspecified atom stereocenters. The first-order valence-electron chi connectivity index (χ1n) is 18.6. The Bertz CT molecular complexity index is 1460. The van der Waals surface area contributed by atoms with Gasteiger partial charge in [0.15, 0.2) is 17.2 Å². The molecule has 0 aliphatic carbocycles. The van der Waals surface area contributed by atoms with Gasteiger partial charge in [0.1, 0.15) is 11.5 Å². The molecule has 0 saturated heterocycles. The van der Waals surface area contributed by atoms with Crippen molar-refractivity contribution in [1.82, 2.24) is 4.57 Å². The zero-order valence-corrected chi connectivity index (χ0v) is 30.7. The number of aromatic nitrogens is 1. The van der Waals surface area contributed by atoms with E-state index in [0.29, 0.717) is 59.4 Å². The highest BCUT2D eigenvalue weighted by Crippen LogP contribution is 2.40. The van der Waals surface area contributed by atoms with Crippen molar-refractivity contribution in [2.24, 2.45) is 0 Å². The third kappa shape index (κ3) is 11.2. The van der Waals surface area contributed by atoms with E-state index >= 15 is 0 Å². The summed E-state index contributed by atoms with van der Waals surface area (Å²) in [5, 5.41) is 0.462. The Kier molecular flexibility index (Phi) is 17.9. The number of pyridine rings is 1. The molecule has 0 atom stereocenters. The maximum absolute atomic E-state index is 14.2. The summed E-state index contributed by atoms with van der Waals surface area (Å²) < 4.78 is 31.3. The quantitative estimate of drug-likeness (QED) is 0.0840. The predicted molar refractivity (Wildman–Crippen MR) is 201 cm³/mol. The molecule has 0 radical (unpaired) electrons. The molecule has 0 saturated carbocycles. The van der Waals surface area contributed by atoms with Gasteiger partial charge < -0.3 is 28.3 Å². The summed E-state index contributed by atoms with van der Waals surface area (Å²) in [4.78, 5) is 14.2. The van der Waals surface area contributed by atoms with Gasteiger partial charge in [-0.25, -0.2) is 0 Å². The molecule has 0 fully saturated rings. The van der Waals surface area contributed by atoms with Crippen LogP contribution in [-0.4, -0.2) is 38.6 Å². The zero-order valence-electron chi connectivity index (χ0n) is 30.7. The van der Waals surface area contributed by atoms with Gasteiger partial charge in [0.2, 0.25) is 5.43 Å². The number of hydrogen-bond donors (Lipinski definition) is 0. The van der Waals surface area contributed by atoms with Gasteiger partial charge >= 0.3 is 0 Å². The number of hydrogen-bond acceptors (Lipinski definition) is 6. The lowest BCUT2D eigenvalue weighted by Crippen LogP contribution is -2.16. The maximum Gasteiger partial charge on any atom is 0.235 e. The second-order valence-corrected chi connectivity index (χ2v) is 12.3. The molecule has 0 bridgehead atoms. The maximum atomic E-state index is 14.2. The number of allylic oxidation sites excluding steroid dienone is 1. The lowest BCUT2D eigenvalue weighted by Gasteiger charge is -2.21. The topological polar surface area (TPSA) is 68.2 Å². The molecule has 1 heterocycles. The Morgan fingerprint density at radius 2 is 1.21 bits per heavy atom. The SMILES string of the molecule is CCCCCCCCCCCCCCCCC=Cn1c(-c2ccc(OCC)c(OC)c2)c(OCC)c(=O)c2c(OCC)cc(OC)cc21. The van der Waals surface area contributed by atoms with E-state index in [1.54, 1.807) is 20.3 Å². The van der Waals surface area contributed by atoms with Crippen LogP contribution in [0.1, 0.15) is 124 Å². The van der Waals surface area contributed by atoms with Gasteiger partial charge in [0, 0.05) is 23.9 Å². The standard InChI is InChI=1S/C41H61NO6/c1-7-11-12-13-14-15-16-17-18-19-20-21-22-23-24-25-28-42-34-30-33(44-5)31-37(47-9-3)38(34)40(43)41(48-10-4)39(42)32-26-27-35(46-8-2)36(29-32)45-6/h25-31H,7-24H2,1-6H3. The van der Waals surface area contributed by atoms with Crippen molar-refractivity contribution in [1.29, 1.82) is 0 Å². The van der Waals surface area contributed by atoms with Crippen molar-refractivity contribution in [3.8, 4) is 40.0 Å². The molecule has 266 valence electrons. The van der Waals surface area contributed by atoms with Crippen molar-refractivity contribution in [2.45, 2.75) is 124 Å². The van der Waals surface area contributed by atoms with Crippen LogP contribution in [0.15, 0.2) is 41.2 Å². The molecule has 1 aromatic heterocycles. The molecule has 48 heavy (non-hydrogen) atoms. The summed E-state index contributed by atoms with van der Waals surface area (Å²) >= 11 is 0. The fraction of sp³-hybridized carbons (Fsp3) is 0.585. The van der Waals surface area contributed by atoms with Gasteiger partial charge in [-0.1, -0.05) is 96.5 Å². The fourth-order valence-electron chi connectivity index (χ4n) is 6.26. The lowest BCUT2D eigenvalue weighted by molar-refractivity contribution is 0.311. The van der Waals surface area contributed by atoms with Crippen LogP contribution in [0.5, 0.6) is 28.7 Å². The molecule has 0 spiro atoms. The monoisotopic (exact) mass is 663 g/mol. The molecular weight excluding hydrogens is 602 g/mol. The van der Waals surface area contributed by atoms with Gasteiger partial charge in [-0.2, -0.15) is 0 Å². The molecule has 0 aliphatic heterocycles. The summed E-state index contributed by atoms with van der Waals surface area (Å²) in [6.07, 6.45) is 23.9. The highest BCUT2D eigenvalue weighted by molar-refractivity contribution is 5.93. The van der Waals surface area contributed by atoms with E-state index in [0.717, 1.165) is 18.4 Å². The predicted octanol–water partition coefficient (Wildman–Crippen LogP) is 11.2. The van der Waals surface area contributed by atoms with Crippen molar-refractivity contribution in [2.75, 3.05) is 34.0 Å². The van der Waals surface area contributed by atoms with Gasteiger partial charge in [0.25, 0.3) is 0 Å². The number of benzene rings is 2. The minimum Gasteiger partial charge on any atom is -0.497 e. The van der Waals surface area contributed by atoms with E-state index in [1.165, 1.54) is 83.5 Å². The Hall–Kier alpha value is -3.61. The Balaban J connectivity index is 1.82. The van der Waals surface area contributed by atoms with Crippen LogP contribution in [0.3, 0.4) is 0 Å². The van der Waals surface area contributed by atoms with Crippen LogP contribution >= 0.6 is 0 Å². The third-order valence-electron chi connectivity index (χ3n) is 8.74. The van der Waals surface area contributed by atoms with Crippen molar-refractivity contribution in [3.63, 3.8) is 0 Å². The lowest BCUT2D eigenvalue weighted by atomic mass is 10.0. The second-order valence-electron chi connectivity index (χ2n) is 12.3. The molecule has 7 heteroatoms. The van der Waals surface area contributed by atoms with E-state index in [1.807, 2.05) is 49.6 Å². The second kappa shape index (κ2) is 22.1. The van der Waals surface area contributed by atoms with Crippen molar-refractivity contribution < 1.29 is 23.7 Å². The average Bonchev–Trinajstić information content (AvgIpc) is 3.10. The highest BCUT2D eigenvalue weighted by Gasteiger charge is 2.23. The first-order chi connectivity index (χ1) is 23.5. The summed E-state index contributed by atoms with van der Waals surface area (Å²) in [5.74, 6) is 2.58. The zero-order chi connectivity index (χ0) is 34.6. The molecule has 3 aromatic rings.